The van der Waals surface area contributed by atoms with Gasteiger partial charge in [-0.15, -0.1) is 0 Å². The lowest BCUT2D eigenvalue weighted by molar-refractivity contribution is 0.380. The highest BCUT2D eigenvalue weighted by atomic mass is 32.2. The molecule has 1 aromatic carbocycles. The van der Waals surface area contributed by atoms with Crippen LogP contribution in [0.4, 0.5) is 0 Å². The van der Waals surface area contributed by atoms with Gasteiger partial charge in [0.25, 0.3) is 0 Å². The first-order valence-corrected chi connectivity index (χ1v) is 10.4. The van der Waals surface area contributed by atoms with E-state index in [1.165, 1.54) is 0 Å². The molecule has 1 heterocycles. The van der Waals surface area contributed by atoms with Crippen LogP contribution in [0.15, 0.2) is 44.7 Å². The van der Waals surface area contributed by atoms with Crippen molar-refractivity contribution >= 4 is 16.8 Å². The van der Waals surface area contributed by atoms with Crippen molar-refractivity contribution in [3.63, 3.8) is 0 Å². The standard InChI is InChI=1S/C19H28N4O2S/c1-4-17-16(18(5-2)25-23-17)14-22-19(20-6-3)21-12-13-26(24)15-10-8-7-9-11-15/h7-11H,4-6,12-14H2,1-3H3,(H2,20,21,22). The summed E-state index contributed by atoms with van der Waals surface area (Å²) in [5, 5.41) is 10.6. The second-order valence-corrected chi connectivity index (χ2v) is 7.29. The molecule has 1 aromatic heterocycles. The third-order valence-corrected chi connectivity index (χ3v) is 5.31. The highest BCUT2D eigenvalue weighted by Gasteiger charge is 2.13. The summed E-state index contributed by atoms with van der Waals surface area (Å²) in [4.78, 5) is 5.49. The van der Waals surface area contributed by atoms with Gasteiger partial charge in [0.1, 0.15) is 5.76 Å². The van der Waals surface area contributed by atoms with Crippen LogP contribution in [-0.4, -0.2) is 34.2 Å². The van der Waals surface area contributed by atoms with E-state index in [1.54, 1.807) is 0 Å². The van der Waals surface area contributed by atoms with Crippen LogP contribution in [0.25, 0.3) is 0 Å². The van der Waals surface area contributed by atoms with Gasteiger partial charge in [0, 0.05) is 35.7 Å². The summed E-state index contributed by atoms with van der Waals surface area (Å²) in [6.07, 6.45) is 1.63. The predicted octanol–water partition coefficient (Wildman–Crippen LogP) is 2.66. The lowest BCUT2D eigenvalue weighted by Crippen LogP contribution is -2.39. The summed E-state index contributed by atoms with van der Waals surface area (Å²) in [6, 6.07) is 9.51. The van der Waals surface area contributed by atoms with E-state index < -0.39 is 10.8 Å². The summed E-state index contributed by atoms with van der Waals surface area (Å²) < 4.78 is 17.7. The van der Waals surface area contributed by atoms with Crippen LogP contribution in [0.2, 0.25) is 0 Å². The maximum Gasteiger partial charge on any atom is 0.191 e. The minimum Gasteiger partial charge on any atom is -0.361 e. The average Bonchev–Trinajstić information content (AvgIpc) is 3.08. The van der Waals surface area contributed by atoms with Crippen LogP contribution in [-0.2, 0) is 30.2 Å². The molecule has 0 saturated heterocycles. The molecule has 142 valence electrons. The van der Waals surface area contributed by atoms with Crippen molar-refractivity contribution in [3.8, 4) is 0 Å². The van der Waals surface area contributed by atoms with Gasteiger partial charge in [0.15, 0.2) is 5.96 Å². The number of aromatic nitrogens is 1. The third kappa shape index (κ3) is 5.69. The molecule has 0 aliphatic carbocycles. The first kappa shape index (κ1) is 20.2. The van der Waals surface area contributed by atoms with E-state index in [0.717, 1.165) is 41.3 Å². The van der Waals surface area contributed by atoms with Gasteiger partial charge >= 0.3 is 0 Å². The lowest BCUT2D eigenvalue weighted by Gasteiger charge is -2.11. The average molecular weight is 377 g/mol. The molecule has 2 N–H and O–H groups in total. The zero-order valence-corrected chi connectivity index (χ0v) is 16.6. The Labute approximate surface area is 157 Å². The van der Waals surface area contributed by atoms with Crippen molar-refractivity contribution in [1.29, 1.82) is 0 Å². The Bertz CT molecular complexity index is 707. The summed E-state index contributed by atoms with van der Waals surface area (Å²) in [6.45, 7) is 8.00. The first-order chi connectivity index (χ1) is 12.7. The van der Waals surface area contributed by atoms with Crippen molar-refractivity contribution in [2.75, 3.05) is 18.8 Å². The Hall–Kier alpha value is -2.15. The second-order valence-electron chi connectivity index (χ2n) is 5.72. The molecule has 1 atom stereocenters. The number of hydrogen-bond donors (Lipinski definition) is 2. The Morgan fingerprint density at radius 3 is 2.58 bits per heavy atom. The minimum atomic E-state index is -1.02. The van der Waals surface area contributed by atoms with Crippen LogP contribution in [0, 0.1) is 0 Å². The van der Waals surface area contributed by atoms with Crippen LogP contribution < -0.4 is 10.6 Å². The van der Waals surface area contributed by atoms with E-state index in [0.29, 0.717) is 24.8 Å². The molecular weight excluding hydrogens is 348 g/mol. The number of aliphatic imine (C=N–C) groups is 1. The highest BCUT2D eigenvalue weighted by molar-refractivity contribution is 7.85. The monoisotopic (exact) mass is 376 g/mol. The molecule has 0 radical (unpaired) electrons. The smallest absolute Gasteiger partial charge is 0.191 e. The van der Waals surface area contributed by atoms with E-state index >= 15 is 0 Å². The molecular formula is C19H28N4O2S. The van der Waals surface area contributed by atoms with Crippen LogP contribution >= 0.6 is 0 Å². The molecule has 2 rings (SSSR count). The SMILES string of the molecule is CCNC(=NCc1c(CC)noc1CC)NCCS(=O)c1ccccc1. The van der Waals surface area contributed by atoms with E-state index in [-0.39, 0.29) is 0 Å². The number of hydrogen-bond acceptors (Lipinski definition) is 4. The van der Waals surface area contributed by atoms with E-state index in [2.05, 4.69) is 34.6 Å². The molecule has 0 aliphatic rings. The lowest BCUT2D eigenvalue weighted by atomic mass is 10.1. The van der Waals surface area contributed by atoms with Gasteiger partial charge in [-0.3, -0.25) is 4.21 Å². The zero-order chi connectivity index (χ0) is 18.8. The molecule has 1 unspecified atom stereocenters. The van der Waals surface area contributed by atoms with Crippen molar-refractivity contribution in [1.82, 2.24) is 15.8 Å². The highest BCUT2D eigenvalue weighted by Crippen LogP contribution is 2.16. The maximum atomic E-state index is 12.3. The zero-order valence-electron chi connectivity index (χ0n) is 15.7. The second kappa shape index (κ2) is 10.8. The number of guanidine groups is 1. The topological polar surface area (TPSA) is 79.5 Å². The first-order valence-electron chi connectivity index (χ1n) is 9.11. The fourth-order valence-electron chi connectivity index (χ4n) is 2.57. The molecule has 0 saturated carbocycles. The number of nitrogens with one attached hydrogen (secondary N) is 2. The number of aryl methyl sites for hydroxylation is 2. The van der Waals surface area contributed by atoms with Gasteiger partial charge in [-0.2, -0.15) is 0 Å². The van der Waals surface area contributed by atoms with Crippen molar-refractivity contribution in [3.05, 3.63) is 47.3 Å². The van der Waals surface area contributed by atoms with E-state index in [4.69, 9.17) is 4.52 Å². The van der Waals surface area contributed by atoms with Gasteiger partial charge < -0.3 is 15.2 Å². The molecule has 0 aliphatic heterocycles. The summed E-state index contributed by atoms with van der Waals surface area (Å²) >= 11 is 0. The Kier molecular flexibility index (Phi) is 8.34. The number of benzene rings is 1. The summed E-state index contributed by atoms with van der Waals surface area (Å²) in [5.74, 6) is 2.14. The summed E-state index contributed by atoms with van der Waals surface area (Å²) in [5.41, 5.74) is 2.03. The number of nitrogens with zero attached hydrogens (tertiary/aromatic N) is 2. The van der Waals surface area contributed by atoms with E-state index in [1.807, 2.05) is 37.3 Å². The molecule has 7 heteroatoms. The van der Waals surface area contributed by atoms with Gasteiger partial charge in [-0.25, -0.2) is 4.99 Å². The van der Waals surface area contributed by atoms with Gasteiger partial charge in [0.05, 0.1) is 23.0 Å². The molecule has 0 fully saturated rings. The van der Waals surface area contributed by atoms with Crippen LogP contribution in [0.5, 0.6) is 0 Å². The van der Waals surface area contributed by atoms with Gasteiger partial charge in [0.2, 0.25) is 0 Å². The molecule has 2 aromatic rings. The fraction of sp³-hybridized carbons (Fsp3) is 0.474. The van der Waals surface area contributed by atoms with Crippen molar-refractivity contribution < 1.29 is 8.73 Å². The normalized spacial score (nSPS) is 12.8. The molecule has 0 bridgehead atoms. The van der Waals surface area contributed by atoms with E-state index in [9.17, 15) is 4.21 Å². The summed E-state index contributed by atoms with van der Waals surface area (Å²) in [7, 11) is -1.02. The van der Waals surface area contributed by atoms with Crippen LogP contribution in [0.1, 0.15) is 37.8 Å². The predicted molar refractivity (Wildman–Crippen MR) is 106 cm³/mol. The Morgan fingerprint density at radius 1 is 1.15 bits per heavy atom. The Morgan fingerprint density at radius 2 is 1.92 bits per heavy atom. The molecule has 0 spiro atoms. The van der Waals surface area contributed by atoms with Gasteiger partial charge in [-0.05, 0) is 25.5 Å². The largest absolute Gasteiger partial charge is 0.361 e. The molecule has 26 heavy (non-hydrogen) atoms. The third-order valence-electron chi connectivity index (χ3n) is 3.93. The van der Waals surface area contributed by atoms with Crippen molar-refractivity contribution in [2.45, 2.75) is 45.1 Å². The van der Waals surface area contributed by atoms with Crippen molar-refractivity contribution in [2.24, 2.45) is 4.99 Å². The maximum absolute atomic E-state index is 12.3. The molecule has 6 nitrogen and oxygen atoms in total. The quantitative estimate of drug-likeness (QED) is 0.520. The Balaban J connectivity index is 1.94. The van der Waals surface area contributed by atoms with Gasteiger partial charge in [-0.1, -0.05) is 37.2 Å². The minimum absolute atomic E-state index is 0.521. The van der Waals surface area contributed by atoms with Crippen LogP contribution in [0.3, 0.4) is 0 Å². The molecule has 0 amide bonds. The fourth-order valence-corrected chi connectivity index (χ4v) is 3.55. The number of rotatable bonds is 9.